The predicted molar refractivity (Wildman–Crippen MR) is 79.3 cm³/mol. The van der Waals surface area contributed by atoms with Crippen LogP contribution in [0.4, 0.5) is 17.6 Å². The number of aryl methyl sites for hydroxylation is 1. The molecule has 136 valence electrons. The molecule has 10 heteroatoms. The first kappa shape index (κ1) is 16.5. The lowest BCUT2D eigenvalue weighted by atomic mass is 9.99. The van der Waals surface area contributed by atoms with Crippen LogP contribution in [0.3, 0.4) is 0 Å². The van der Waals surface area contributed by atoms with Gasteiger partial charge in [0, 0.05) is 38.7 Å². The summed E-state index contributed by atoms with van der Waals surface area (Å²) in [6, 6.07) is 0.872. The fourth-order valence-electron chi connectivity index (χ4n) is 3.37. The fourth-order valence-corrected chi connectivity index (χ4v) is 3.37. The molecule has 2 atom stereocenters. The highest BCUT2D eigenvalue weighted by Gasteiger charge is 2.59. The van der Waals surface area contributed by atoms with Crippen LogP contribution >= 0.6 is 0 Å². The Bertz CT molecular complexity index is 755. The van der Waals surface area contributed by atoms with Gasteiger partial charge in [0.2, 0.25) is 0 Å². The minimum absolute atomic E-state index is 0.166. The van der Waals surface area contributed by atoms with Crippen molar-refractivity contribution >= 4 is 0 Å². The van der Waals surface area contributed by atoms with E-state index in [9.17, 15) is 17.6 Å². The Morgan fingerprint density at radius 1 is 1.32 bits per heavy atom. The third-order valence-electron chi connectivity index (χ3n) is 4.85. The van der Waals surface area contributed by atoms with E-state index >= 15 is 0 Å². The maximum Gasteiger partial charge on any atom is 0.297 e. The van der Waals surface area contributed by atoms with E-state index in [2.05, 4.69) is 20.6 Å². The minimum Gasteiger partial charge on any atom is -0.311 e. The van der Waals surface area contributed by atoms with Gasteiger partial charge >= 0.3 is 0 Å². The van der Waals surface area contributed by atoms with Crippen molar-refractivity contribution in [3.63, 3.8) is 0 Å². The first-order valence-corrected chi connectivity index (χ1v) is 8.27. The number of hydrogen-bond donors (Lipinski definition) is 1. The molecule has 3 heterocycles. The molecule has 2 aromatic rings. The standard InChI is InChI=1S/C15H18F4N6/c16-13(17)14-23-22-12-2-1-9(8-24(12)14)6-20-7-10-3-4-21-25(10)11-5-15(11,18)19/h3-4,9,11,13,20H,1-2,5-8H2. The van der Waals surface area contributed by atoms with Crippen LogP contribution in [0.2, 0.25) is 0 Å². The van der Waals surface area contributed by atoms with E-state index < -0.39 is 18.4 Å². The highest BCUT2D eigenvalue weighted by atomic mass is 19.3. The summed E-state index contributed by atoms with van der Waals surface area (Å²) in [5, 5.41) is 14.6. The van der Waals surface area contributed by atoms with E-state index in [1.54, 1.807) is 6.07 Å². The molecule has 2 aliphatic rings. The number of alkyl halides is 4. The molecule has 0 saturated heterocycles. The van der Waals surface area contributed by atoms with Gasteiger partial charge in [0.15, 0.2) is 5.82 Å². The zero-order valence-electron chi connectivity index (χ0n) is 13.4. The van der Waals surface area contributed by atoms with Crippen molar-refractivity contribution < 1.29 is 17.6 Å². The van der Waals surface area contributed by atoms with Gasteiger partial charge in [-0.15, -0.1) is 10.2 Å². The van der Waals surface area contributed by atoms with Crippen molar-refractivity contribution in [3.8, 4) is 0 Å². The average molecular weight is 358 g/mol. The van der Waals surface area contributed by atoms with Crippen LogP contribution < -0.4 is 5.32 Å². The highest BCUT2D eigenvalue weighted by Crippen LogP contribution is 2.52. The number of aromatic nitrogens is 5. The van der Waals surface area contributed by atoms with Crippen molar-refractivity contribution in [3.05, 3.63) is 29.6 Å². The van der Waals surface area contributed by atoms with Crippen LogP contribution in [-0.2, 0) is 19.5 Å². The minimum atomic E-state index is -2.67. The molecule has 1 aliphatic heterocycles. The molecule has 0 bridgehead atoms. The second-order valence-corrected chi connectivity index (χ2v) is 6.67. The Balaban J connectivity index is 1.33. The molecule has 25 heavy (non-hydrogen) atoms. The van der Waals surface area contributed by atoms with Crippen LogP contribution in [0.1, 0.15) is 42.7 Å². The van der Waals surface area contributed by atoms with Crippen molar-refractivity contribution in [1.82, 2.24) is 29.9 Å². The van der Waals surface area contributed by atoms with E-state index in [0.29, 0.717) is 37.6 Å². The summed E-state index contributed by atoms with van der Waals surface area (Å²) in [5.74, 6) is -2.19. The van der Waals surface area contributed by atoms with Crippen LogP contribution in [0.5, 0.6) is 0 Å². The number of nitrogens with one attached hydrogen (secondary N) is 1. The Morgan fingerprint density at radius 2 is 2.12 bits per heavy atom. The predicted octanol–water partition coefficient (Wildman–Crippen LogP) is 2.34. The molecule has 0 amide bonds. The fraction of sp³-hybridized carbons (Fsp3) is 0.667. The molecule has 1 N–H and O–H groups in total. The molecule has 4 rings (SSSR count). The van der Waals surface area contributed by atoms with Gasteiger partial charge in [-0.3, -0.25) is 4.68 Å². The zero-order chi connectivity index (χ0) is 17.6. The number of hydrogen-bond acceptors (Lipinski definition) is 4. The summed E-state index contributed by atoms with van der Waals surface area (Å²) < 4.78 is 55.2. The van der Waals surface area contributed by atoms with Crippen LogP contribution in [-0.4, -0.2) is 37.0 Å². The number of fused-ring (bicyclic) bond motifs is 1. The van der Waals surface area contributed by atoms with Crippen molar-refractivity contribution in [2.75, 3.05) is 6.54 Å². The van der Waals surface area contributed by atoms with Gasteiger partial charge in [-0.2, -0.15) is 5.10 Å². The smallest absolute Gasteiger partial charge is 0.297 e. The molecular formula is C15H18F4N6. The number of nitrogens with zero attached hydrogens (tertiary/aromatic N) is 5. The second kappa shape index (κ2) is 6.08. The van der Waals surface area contributed by atoms with Gasteiger partial charge in [-0.05, 0) is 18.4 Å². The average Bonchev–Trinajstić information content (AvgIpc) is 2.96. The maximum atomic E-state index is 13.2. The Morgan fingerprint density at radius 3 is 2.84 bits per heavy atom. The molecule has 6 nitrogen and oxygen atoms in total. The summed E-state index contributed by atoms with van der Waals surface area (Å²) in [7, 11) is 0. The van der Waals surface area contributed by atoms with E-state index in [4.69, 9.17) is 0 Å². The van der Waals surface area contributed by atoms with E-state index in [1.807, 2.05) is 0 Å². The van der Waals surface area contributed by atoms with Gasteiger partial charge in [-0.25, -0.2) is 17.6 Å². The van der Waals surface area contributed by atoms with Crippen molar-refractivity contribution in [2.24, 2.45) is 5.92 Å². The summed E-state index contributed by atoms with van der Waals surface area (Å²) in [4.78, 5) is 0. The molecule has 2 unspecified atom stereocenters. The van der Waals surface area contributed by atoms with Gasteiger partial charge in [-0.1, -0.05) is 0 Å². The summed E-state index contributed by atoms with van der Waals surface area (Å²) >= 11 is 0. The van der Waals surface area contributed by atoms with Crippen molar-refractivity contribution in [2.45, 2.75) is 50.7 Å². The summed E-state index contributed by atoms with van der Waals surface area (Å²) in [6.07, 6.45) is 0.149. The number of rotatable bonds is 6. The highest BCUT2D eigenvalue weighted by molar-refractivity contribution is 5.09. The molecule has 2 aromatic heterocycles. The van der Waals surface area contributed by atoms with E-state index in [1.165, 1.54) is 15.4 Å². The SMILES string of the molecule is FC(F)c1nnc2n1CC(CNCc1ccnn1C1CC1(F)F)CC2. The van der Waals surface area contributed by atoms with E-state index in [-0.39, 0.29) is 18.2 Å². The van der Waals surface area contributed by atoms with Crippen LogP contribution in [0.15, 0.2) is 12.3 Å². The molecule has 0 aromatic carbocycles. The van der Waals surface area contributed by atoms with E-state index in [0.717, 1.165) is 6.42 Å². The zero-order valence-corrected chi connectivity index (χ0v) is 13.4. The maximum absolute atomic E-state index is 13.2. The number of halogens is 4. The first-order valence-electron chi connectivity index (χ1n) is 8.27. The molecule has 1 saturated carbocycles. The van der Waals surface area contributed by atoms with Crippen LogP contribution in [0, 0.1) is 5.92 Å². The lowest BCUT2D eigenvalue weighted by Crippen LogP contribution is -2.31. The lowest BCUT2D eigenvalue weighted by molar-refractivity contribution is 0.0976. The molecule has 0 spiro atoms. The van der Waals surface area contributed by atoms with Gasteiger partial charge in [0.25, 0.3) is 12.3 Å². The second-order valence-electron chi connectivity index (χ2n) is 6.67. The topological polar surface area (TPSA) is 60.6 Å². The quantitative estimate of drug-likeness (QED) is 0.806. The van der Waals surface area contributed by atoms with Gasteiger partial charge in [0.05, 0.1) is 5.69 Å². The normalized spacial score (nSPS) is 24.5. The largest absolute Gasteiger partial charge is 0.311 e. The van der Waals surface area contributed by atoms with Crippen molar-refractivity contribution in [1.29, 1.82) is 0 Å². The first-order chi connectivity index (χ1) is 12.0. The monoisotopic (exact) mass is 358 g/mol. The van der Waals surface area contributed by atoms with Gasteiger partial charge in [0.1, 0.15) is 11.9 Å². The Kier molecular flexibility index (Phi) is 4.01. The third-order valence-corrected chi connectivity index (χ3v) is 4.85. The Labute approximate surface area is 141 Å². The van der Waals surface area contributed by atoms with Gasteiger partial charge < -0.3 is 9.88 Å². The summed E-state index contributed by atoms with van der Waals surface area (Å²) in [6.45, 7) is 1.46. The lowest BCUT2D eigenvalue weighted by Gasteiger charge is -2.24. The van der Waals surface area contributed by atoms with Crippen LogP contribution in [0.25, 0.3) is 0 Å². The third kappa shape index (κ3) is 3.14. The Hall–Kier alpha value is -1.97. The summed E-state index contributed by atoms with van der Waals surface area (Å²) in [5.41, 5.74) is 0.705. The molecular weight excluding hydrogens is 340 g/mol. The molecule has 1 fully saturated rings. The molecule has 0 radical (unpaired) electrons. The molecule has 1 aliphatic carbocycles.